The van der Waals surface area contributed by atoms with Gasteiger partial charge in [0.05, 0.1) is 0 Å². The lowest BCUT2D eigenvalue weighted by Crippen LogP contribution is -2.25. The third kappa shape index (κ3) is 4.88. The van der Waals surface area contributed by atoms with Crippen LogP contribution < -0.4 is 10.1 Å². The molecule has 0 fully saturated rings. The van der Waals surface area contributed by atoms with Crippen molar-refractivity contribution in [2.24, 2.45) is 0 Å². The second-order valence-corrected chi connectivity index (χ2v) is 5.20. The lowest BCUT2D eigenvalue weighted by Gasteiger charge is -2.06. The average Bonchev–Trinajstić information content (AvgIpc) is 2.85. The monoisotopic (exact) mass is 317 g/mol. The summed E-state index contributed by atoms with van der Waals surface area (Å²) in [5.41, 5.74) is 1.83. The highest BCUT2D eigenvalue weighted by Crippen LogP contribution is 2.14. The number of ether oxygens (including phenoxy) is 1. The molecule has 6 nitrogen and oxygen atoms in total. The summed E-state index contributed by atoms with van der Waals surface area (Å²) >= 11 is 0. The first-order chi connectivity index (χ1) is 11.0. The summed E-state index contributed by atoms with van der Waals surface area (Å²) in [7, 11) is 0. The van der Waals surface area contributed by atoms with Gasteiger partial charge in [0.1, 0.15) is 11.5 Å². The van der Waals surface area contributed by atoms with Crippen LogP contribution in [0.2, 0.25) is 0 Å². The molecular weight excluding hydrogens is 298 g/mol. The molecule has 6 heteroatoms. The Morgan fingerprint density at radius 1 is 1.22 bits per heavy atom. The molecule has 2 N–H and O–H groups in total. The maximum atomic E-state index is 12.0. The maximum absolute atomic E-state index is 12.0. The predicted molar refractivity (Wildman–Crippen MR) is 83.8 cm³/mol. The number of hydrogen-bond acceptors (Lipinski definition) is 4. The van der Waals surface area contributed by atoms with E-state index in [9.17, 15) is 9.59 Å². The fraction of sp³-hybridized carbons (Fsp3) is 0.294. The summed E-state index contributed by atoms with van der Waals surface area (Å²) in [5, 5.41) is 11.4. The second-order valence-electron chi connectivity index (χ2n) is 5.20. The van der Waals surface area contributed by atoms with Gasteiger partial charge in [-0.2, -0.15) is 0 Å². The number of carboxylic acid groups (broad SMARTS) is 1. The molecule has 0 aliphatic carbocycles. The first-order valence-electron chi connectivity index (χ1n) is 7.24. The van der Waals surface area contributed by atoms with Gasteiger partial charge >= 0.3 is 5.97 Å². The van der Waals surface area contributed by atoms with Crippen LogP contribution in [0, 0.1) is 13.8 Å². The second kappa shape index (κ2) is 7.49. The van der Waals surface area contributed by atoms with Crippen molar-refractivity contribution in [1.82, 2.24) is 5.32 Å². The summed E-state index contributed by atoms with van der Waals surface area (Å²) in [6.07, 6.45) is 0.656. The zero-order chi connectivity index (χ0) is 16.8. The molecule has 1 aromatic heterocycles. The van der Waals surface area contributed by atoms with Gasteiger partial charge in [-0.1, -0.05) is 12.1 Å². The van der Waals surface area contributed by atoms with Crippen LogP contribution in [0.5, 0.6) is 5.75 Å². The van der Waals surface area contributed by atoms with Gasteiger partial charge in [0.25, 0.3) is 5.91 Å². The molecule has 0 radical (unpaired) electrons. The molecular formula is C17H19NO5. The van der Waals surface area contributed by atoms with Gasteiger partial charge in [0.15, 0.2) is 12.4 Å². The molecule has 0 atom stereocenters. The van der Waals surface area contributed by atoms with E-state index in [-0.39, 0.29) is 12.5 Å². The van der Waals surface area contributed by atoms with E-state index in [4.69, 9.17) is 14.3 Å². The first kappa shape index (κ1) is 16.6. The molecule has 1 heterocycles. The van der Waals surface area contributed by atoms with Gasteiger partial charge in [0.2, 0.25) is 0 Å². The Labute approximate surface area is 134 Å². The molecule has 2 aromatic rings. The Hall–Kier alpha value is -2.76. The molecule has 0 aliphatic heterocycles. The molecule has 0 spiro atoms. The van der Waals surface area contributed by atoms with Crippen molar-refractivity contribution in [2.75, 3.05) is 13.2 Å². The Morgan fingerprint density at radius 3 is 2.48 bits per heavy atom. The van der Waals surface area contributed by atoms with Crippen LogP contribution in [0.15, 0.2) is 34.7 Å². The van der Waals surface area contributed by atoms with Crippen LogP contribution in [0.3, 0.4) is 0 Å². The number of hydrogen-bond donors (Lipinski definition) is 2. The van der Waals surface area contributed by atoms with E-state index in [1.165, 1.54) is 0 Å². The Balaban J connectivity index is 1.81. The van der Waals surface area contributed by atoms with Crippen molar-refractivity contribution in [3.8, 4) is 5.75 Å². The summed E-state index contributed by atoms with van der Waals surface area (Å²) in [4.78, 5) is 22.4. The minimum atomic E-state index is -1.01. The van der Waals surface area contributed by atoms with Crippen molar-refractivity contribution < 1.29 is 23.8 Å². The van der Waals surface area contributed by atoms with E-state index in [2.05, 4.69) is 5.32 Å². The molecule has 1 amide bonds. The van der Waals surface area contributed by atoms with Crippen LogP contribution in [0.25, 0.3) is 0 Å². The lowest BCUT2D eigenvalue weighted by atomic mass is 10.1. The van der Waals surface area contributed by atoms with E-state index < -0.39 is 5.97 Å². The van der Waals surface area contributed by atoms with Gasteiger partial charge < -0.3 is 19.6 Å². The third-order valence-electron chi connectivity index (χ3n) is 3.23. The maximum Gasteiger partial charge on any atom is 0.341 e. The number of aryl methyl sites for hydroxylation is 2. The van der Waals surface area contributed by atoms with Crippen LogP contribution >= 0.6 is 0 Å². The number of carbonyl (C=O) groups is 2. The summed E-state index contributed by atoms with van der Waals surface area (Å²) < 4.78 is 10.4. The third-order valence-corrected chi connectivity index (χ3v) is 3.23. The summed E-state index contributed by atoms with van der Waals surface area (Å²) in [5.74, 6) is 0.323. The summed E-state index contributed by atoms with van der Waals surface area (Å²) in [6, 6.07) is 8.92. The molecule has 0 bridgehead atoms. The highest BCUT2D eigenvalue weighted by molar-refractivity contribution is 5.92. The average molecular weight is 317 g/mol. The number of nitrogens with one attached hydrogen (secondary N) is 1. The van der Waals surface area contributed by atoms with Crippen LogP contribution in [0.4, 0.5) is 0 Å². The van der Waals surface area contributed by atoms with Crippen molar-refractivity contribution in [2.45, 2.75) is 20.3 Å². The predicted octanol–water partition coefficient (Wildman–Crippen LogP) is 2.33. The Bertz CT molecular complexity index is 688. The molecule has 0 aliphatic rings. The quantitative estimate of drug-likeness (QED) is 0.818. The number of rotatable bonds is 7. The van der Waals surface area contributed by atoms with Gasteiger partial charge in [-0.25, -0.2) is 4.79 Å². The lowest BCUT2D eigenvalue weighted by molar-refractivity contribution is -0.139. The largest absolute Gasteiger partial charge is 0.482 e. The SMILES string of the molecule is Cc1cc(C)c(C(=O)NCCc2ccc(OCC(=O)O)cc2)o1. The minimum Gasteiger partial charge on any atom is -0.482 e. The number of benzene rings is 1. The molecule has 0 saturated carbocycles. The number of furan rings is 1. The number of aliphatic carboxylic acids is 1. The Kier molecular flexibility index (Phi) is 5.41. The highest BCUT2D eigenvalue weighted by Gasteiger charge is 2.13. The Morgan fingerprint density at radius 2 is 1.91 bits per heavy atom. The fourth-order valence-electron chi connectivity index (χ4n) is 2.16. The van der Waals surface area contributed by atoms with Gasteiger partial charge in [-0.3, -0.25) is 4.79 Å². The smallest absolute Gasteiger partial charge is 0.341 e. The van der Waals surface area contributed by atoms with Gasteiger partial charge in [0, 0.05) is 12.1 Å². The van der Waals surface area contributed by atoms with Crippen LogP contribution in [0.1, 0.15) is 27.4 Å². The summed E-state index contributed by atoms with van der Waals surface area (Å²) in [6.45, 7) is 3.75. The minimum absolute atomic E-state index is 0.225. The fourth-order valence-corrected chi connectivity index (χ4v) is 2.16. The standard InChI is InChI=1S/C17H19NO5/c1-11-9-12(2)23-16(11)17(21)18-8-7-13-3-5-14(6-4-13)22-10-15(19)20/h3-6,9H,7-8,10H2,1-2H3,(H,18,21)(H,19,20). The van der Waals surface area contributed by atoms with Crippen LogP contribution in [-0.2, 0) is 11.2 Å². The van der Waals surface area contributed by atoms with Crippen molar-refractivity contribution in [1.29, 1.82) is 0 Å². The van der Waals surface area contributed by atoms with Gasteiger partial charge in [-0.05, 0) is 44.0 Å². The molecule has 0 saturated heterocycles. The van der Waals surface area contributed by atoms with Crippen LogP contribution in [-0.4, -0.2) is 30.1 Å². The zero-order valence-corrected chi connectivity index (χ0v) is 13.1. The molecule has 2 rings (SSSR count). The first-order valence-corrected chi connectivity index (χ1v) is 7.24. The molecule has 1 aromatic carbocycles. The normalized spacial score (nSPS) is 10.3. The van der Waals surface area contributed by atoms with E-state index in [0.29, 0.717) is 30.2 Å². The van der Waals surface area contributed by atoms with Gasteiger partial charge in [-0.15, -0.1) is 0 Å². The molecule has 122 valence electrons. The highest BCUT2D eigenvalue weighted by atomic mass is 16.5. The van der Waals surface area contributed by atoms with Crippen molar-refractivity contribution in [3.63, 3.8) is 0 Å². The van der Waals surface area contributed by atoms with Crippen molar-refractivity contribution in [3.05, 3.63) is 53.0 Å². The molecule has 23 heavy (non-hydrogen) atoms. The number of carboxylic acids is 1. The number of carbonyl (C=O) groups excluding carboxylic acids is 1. The van der Waals surface area contributed by atoms with E-state index in [1.54, 1.807) is 19.1 Å². The van der Waals surface area contributed by atoms with E-state index >= 15 is 0 Å². The van der Waals surface area contributed by atoms with E-state index in [0.717, 1.165) is 11.1 Å². The van der Waals surface area contributed by atoms with E-state index in [1.807, 2.05) is 25.1 Å². The number of amides is 1. The van der Waals surface area contributed by atoms with Crippen molar-refractivity contribution >= 4 is 11.9 Å². The zero-order valence-electron chi connectivity index (χ0n) is 13.1. The molecule has 0 unspecified atom stereocenters. The topological polar surface area (TPSA) is 88.8 Å².